The van der Waals surface area contributed by atoms with Gasteiger partial charge in [0.15, 0.2) is 0 Å². The zero-order valence-corrected chi connectivity index (χ0v) is 17.4. The number of para-hydroxylation sites is 1. The molecule has 148 valence electrons. The van der Waals surface area contributed by atoms with Gasteiger partial charge in [-0.05, 0) is 42.0 Å². The first-order valence-corrected chi connectivity index (χ1v) is 10.4. The van der Waals surface area contributed by atoms with Gasteiger partial charge in [-0.15, -0.1) is 0 Å². The van der Waals surface area contributed by atoms with Crippen molar-refractivity contribution in [3.63, 3.8) is 0 Å². The van der Waals surface area contributed by atoms with Gasteiger partial charge in [-0.25, -0.2) is 4.98 Å². The minimum Gasteiger partial charge on any atom is -0.326 e. The summed E-state index contributed by atoms with van der Waals surface area (Å²) >= 11 is 12.3. The van der Waals surface area contributed by atoms with E-state index in [1.807, 2.05) is 67.1 Å². The monoisotopic (exact) mass is 432 g/mol. The normalized spacial score (nSPS) is 18.5. The smallest absolute Gasteiger partial charge is 0.106 e. The van der Waals surface area contributed by atoms with Crippen molar-refractivity contribution in [3.8, 4) is 0 Å². The van der Waals surface area contributed by atoms with Crippen molar-refractivity contribution in [2.75, 3.05) is 5.01 Å². The maximum atomic E-state index is 6.18. The molecule has 2 heterocycles. The van der Waals surface area contributed by atoms with Gasteiger partial charge >= 0.3 is 0 Å². The summed E-state index contributed by atoms with van der Waals surface area (Å²) in [4.78, 5) is 4.30. The Labute approximate surface area is 185 Å². The lowest BCUT2D eigenvalue weighted by atomic mass is 9.92. The molecule has 0 amide bonds. The van der Waals surface area contributed by atoms with Gasteiger partial charge in [-0.1, -0.05) is 65.7 Å². The Morgan fingerprint density at radius 2 is 1.40 bits per heavy atom. The molecule has 4 nitrogen and oxygen atoms in total. The zero-order valence-electron chi connectivity index (χ0n) is 15.9. The second-order valence-corrected chi connectivity index (χ2v) is 8.00. The second kappa shape index (κ2) is 7.98. The predicted octanol–water partition coefficient (Wildman–Crippen LogP) is 6.40. The second-order valence-electron chi connectivity index (χ2n) is 7.12. The number of halogens is 2. The fourth-order valence-corrected chi connectivity index (χ4v) is 4.14. The van der Waals surface area contributed by atoms with Crippen LogP contribution in [0.4, 0.5) is 5.69 Å². The predicted molar refractivity (Wildman–Crippen MR) is 122 cm³/mol. The standard InChI is InChI=1S/C24H18Cl2N4/c25-19-10-6-17(7-11-19)22-24(29-15-14-27-16-29)23(18-8-12-20(26)13-9-18)30(28-22)21-4-2-1-3-5-21/h1-16,23-24H/t23-,24-/m0/s1. The first-order chi connectivity index (χ1) is 14.7. The van der Waals surface area contributed by atoms with Crippen molar-refractivity contribution in [1.29, 1.82) is 0 Å². The van der Waals surface area contributed by atoms with Gasteiger partial charge in [-0.3, -0.25) is 5.01 Å². The van der Waals surface area contributed by atoms with Crippen LogP contribution >= 0.6 is 23.2 Å². The van der Waals surface area contributed by atoms with Gasteiger partial charge in [0.05, 0.1) is 17.7 Å². The molecule has 2 atom stereocenters. The zero-order chi connectivity index (χ0) is 20.5. The average Bonchev–Trinajstić information content (AvgIpc) is 3.43. The SMILES string of the molecule is Clc1ccc(C2=NN(c3ccccc3)[C@@H](c3ccc(Cl)cc3)[C@H]2n2ccnc2)cc1. The fraction of sp³-hybridized carbons (Fsp3) is 0.0833. The van der Waals surface area contributed by atoms with Crippen LogP contribution in [0.3, 0.4) is 0 Å². The number of hydrogen-bond donors (Lipinski definition) is 0. The van der Waals surface area contributed by atoms with Gasteiger partial charge in [0, 0.05) is 28.0 Å². The number of imidazole rings is 1. The minimum absolute atomic E-state index is 0.0652. The quantitative estimate of drug-likeness (QED) is 0.373. The van der Waals surface area contributed by atoms with Crippen molar-refractivity contribution in [1.82, 2.24) is 9.55 Å². The van der Waals surface area contributed by atoms with Crippen LogP contribution in [0.5, 0.6) is 0 Å². The lowest BCUT2D eigenvalue weighted by Gasteiger charge is -2.29. The van der Waals surface area contributed by atoms with E-state index in [-0.39, 0.29) is 12.1 Å². The van der Waals surface area contributed by atoms with Gasteiger partial charge in [0.25, 0.3) is 0 Å². The fourth-order valence-electron chi connectivity index (χ4n) is 3.89. The lowest BCUT2D eigenvalue weighted by molar-refractivity contribution is 0.527. The van der Waals surface area contributed by atoms with Crippen LogP contribution < -0.4 is 5.01 Å². The molecule has 0 unspecified atom stereocenters. The molecule has 4 aromatic rings. The number of aromatic nitrogens is 2. The summed E-state index contributed by atoms with van der Waals surface area (Å²) in [5, 5.41) is 8.59. The minimum atomic E-state index is -0.0740. The Bertz CT molecular complexity index is 1150. The lowest BCUT2D eigenvalue weighted by Crippen LogP contribution is -2.27. The molecule has 0 aliphatic carbocycles. The van der Waals surface area contributed by atoms with E-state index in [9.17, 15) is 0 Å². The Hall–Kier alpha value is -3.08. The van der Waals surface area contributed by atoms with Crippen molar-refractivity contribution < 1.29 is 0 Å². The molecule has 6 heteroatoms. The van der Waals surface area contributed by atoms with Crippen LogP contribution in [-0.2, 0) is 0 Å². The number of anilines is 1. The largest absolute Gasteiger partial charge is 0.326 e. The summed E-state index contributed by atoms with van der Waals surface area (Å²) in [6.07, 6.45) is 5.62. The van der Waals surface area contributed by atoms with Crippen molar-refractivity contribution in [2.24, 2.45) is 5.10 Å². The highest BCUT2D eigenvalue weighted by atomic mass is 35.5. The molecule has 30 heavy (non-hydrogen) atoms. The van der Waals surface area contributed by atoms with E-state index in [4.69, 9.17) is 28.3 Å². The molecule has 0 radical (unpaired) electrons. The van der Waals surface area contributed by atoms with Crippen molar-refractivity contribution in [3.05, 3.63) is 119 Å². The first kappa shape index (κ1) is 18.9. The van der Waals surface area contributed by atoms with Crippen LogP contribution in [0, 0.1) is 0 Å². The molecule has 1 aliphatic heterocycles. The summed E-state index contributed by atoms with van der Waals surface area (Å²) in [5.74, 6) is 0. The molecule has 1 aliphatic rings. The highest BCUT2D eigenvalue weighted by molar-refractivity contribution is 6.31. The van der Waals surface area contributed by atoms with E-state index in [2.05, 4.69) is 38.8 Å². The third kappa shape index (κ3) is 3.49. The maximum absolute atomic E-state index is 6.18. The highest BCUT2D eigenvalue weighted by Crippen LogP contribution is 2.43. The molecule has 0 saturated heterocycles. The Kier molecular flexibility index (Phi) is 5.03. The van der Waals surface area contributed by atoms with E-state index in [1.165, 1.54) is 0 Å². The molecule has 0 saturated carbocycles. The highest BCUT2D eigenvalue weighted by Gasteiger charge is 2.40. The van der Waals surface area contributed by atoms with E-state index >= 15 is 0 Å². The van der Waals surface area contributed by atoms with Gasteiger partial charge in [0.1, 0.15) is 12.1 Å². The molecular formula is C24H18Cl2N4. The van der Waals surface area contributed by atoms with Gasteiger partial charge < -0.3 is 4.57 Å². The number of benzene rings is 3. The number of nitrogens with zero attached hydrogens (tertiary/aromatic N) is 4. The summed E-state index contributed by atoms with van der Waals surface area (Å²) < 4.78 is 2.11. The molecule has 0 spiro atoms. The molecule has 1 aromatic heterocycles. The van der Waals surface area contributed by atoms with Gasteiger partial charge in [-0.2, -0.15) is 5.10 Å². The van der Waals surface area contributed by atoms with Crippen molar-refractivity contribution >= 4 is 34.6 Å². The molecule has 5 rings (SSSR count). The summed E-state index contributed by atoms with van der Waals surface area (Å²) in [7, 11) is 0. The summed E-state index contributed by atoms with van der Waals surface area (Å²) in [5.41, 5.74) is 4.12. The Morgan fingerprint density at radius 3 is 2.03 bits per heavy atom. The average molecular weight is 433 g/mol. The molecule has 0 N–H and O–H groups in total. The third-order valence-electron chi connectivity index (χ3n) is 5.28. The van der Waals surface area contributed by atoms with Crippen LogP contribution in [0.25, 0.3) is 0 Å². The number of hydrazone groups is 1. The van der Waals surface area contributed by atoms with E-state index in [0.29, 0.717) is 10.0 Å². The third-order valence-corrected chi connectivity index (χ3v) is 5.78. The molecule has 3 aromatic carbocycles. The number of rotatable bonds is 4. The molecule has 0 bridgehead atoms. The van der Waals surface area contributed by atoms with Crippen LogP contribution in [-0.4, -0.2) is 15.3 Å². The van der Waals surface area contributed by atoms with Crippen LogP contribution in [0.1, 0.15) is 23.2 Å². The van der Waals surface area contributed by atoms with E-state index in [1.54, 1.807) is 6.20 Å². The number of hydrogen-bond acceptors (Lipinski definition) is 3. The van der Waals surface area contributed by atoms with E-state index in [0.717, 1.165) is 22.5 Å². The van der Waals surface area contributed by atoms with E-state index < -0.39 is 0 Å². The summed E-state index contributed by atoms with van der Waals surface area (Å²) in [6.45, 7) is 0. The Morgan fingerprint density at radius 1 is 0.733 bits per heavy atom. The molecular weight excluding hydrogens is 415 g/mol. The topological polar surface area (TPSA) is 33.4 Å². The molecule has 0 fully saturated rings. The van der Waals surface area contributed by atoms with Crippen LogP contribution in [0.15, 0.2) is 103 Å². The van der Waals surface area contributed by atoms with Crippen molar-refractivity contribution in [2.45, 2.75) is 12.1 Å². The Balaban J connectivity index is 1.70. The van der Waals surface area contributed by atoms with Crippen LogP contribution in [0.2, 0.25) is 10.0 Å². The van der Waals surface area contributed by atoms with Gasteiger partial charge in [0.2, 0.25) is 0 Å². The maximum Gasteiger partial charge on any atom is 0.106 e. The first-order valence-electron chi connectivity index (χ1n) is 9.62. The summed E-state index contributed by atoms with van der Waals surface area (Å²) in [6, 6.07) is 25.8.